The molecule has 0 saturated heterocycles. The molecule has 188 valence electrons. The summed E-state index contributed by atoms with van der Waals surface area (Å²) in [5, 5.41) is 0. The maximum atomic E-state index is 13.7. The van der Waals surface area contributed by atoms with Gasteiger partial charge in [-0.15, -0.1) is 0 Å². The quantitative estimate of drug-likeness (QED) is 0.451. The van der Waals surface area contributed by atoms with Crippen molar-refractivity contribution in [2.75, 3.05) is 35.5 Å². The monoisotopic (exact) mass is 510 g/mol. The van der Waals surface area contributed by atoms with Crippen LogP contribution in [0.1, 0.15) is 24.1 Å². The average molecular weight is 511 g/mol. The first-order valence-corrected chi connectivity index (χ1v) is 11.7. The van der Waals surface area contributed by atoms with Crippen molar-refractivity contribution in [3.05, 3.63) is 78.5 Å². The van der Waals surface area contributed by atoms with Crippen LogP contribution in [0.5, 0.6) is 23.0 Å². The van der Waals surface area contributed by atoms with Crippen molar-refractivity contribution in [1.82, 2.24) is 4.57 Å². The van der Waals surface area contributed by atoms with E-state index in [4.69, 9.17) is 23.7 Å². The number of rotatable bonds is 7. The van der Waals surface area contributed by atoms with Crippen LogP contribution in [0.3, 0.4) is 0 Å². The highest BCUT2D eigenvalue weighted by molar-refractivity contribution is 7.07. The lowest BCUT2D eigenvalue weighted by molar-refractivity contribution is -0.136. The number of aromatic nitrogens is 1. The molecule has 0 N–H and O–H groups in total. The fourth-order valence-electron chi connectivity index (χ4n) is 4.12. The molecular weight excluding hydrogens is 484 g/mol. The van der Waals surface area contributed by atoms with Gasteiger partial charge in [-0.1, -0.05) is 23.5 Å². The van der Waals surface area contributed by atoms with Crippen molar-refractivity contribution >= 4 is 23.4 Å². The second-order valence-electron chi connectivity index (χ2n) is 7.80. The largest absolute Gasteiger partial charge is 0.493 e. The standard InChI is InChI=1S/C26H26N2O7S/c1-14-22(25(30)35-6)23(16-8-10-18(32-3)20(13-16)34-5)28-24(29)21(36-26(28)27-14)12-15-7-9-17(31-2)19(11-15)33-4/h7-13,23H,1-6H3/b21-12+/t23-/m1/s1. The lowest BCUT2D eigenvalue weighted by Gasteiger charge is -2.25. The Labute approximate surface area is 211 Å². The van der Waals surface area contributed by atoms with E-state index in [2.05, 4.69) is 4.99 Å². The number of esters is 1. The molecule has 1 aliphatic rings. The Bertz CT molecular complexity index is 1530. The van der Waals surface area contributed by atoms with Crippen LogP contribution in [-0.4, -0.2) is 46.1 Å². The molecule has 0 bridgehead atoms. The molecule has 0 spiro atoms. The summed E-state index contributed by atoms with van der Waals surface area (Å²) in [6, 6.07) is 9.90. The molecule has 0 fully saturated rings. The maximum Gasteiger partial charge on any atom is 0.338 e. The molecule has 2 aromatic carbocycles. The molecule has 10 heteroatoms. The highest BCUT2D eigenvalue weighted by Gasteiger charge is 2.33. The van der Waals surface area contributed by atoms with E-state index in [-0.39, 0.29) is 11.1 Å². The molecule has 1 aromatic heterocycles. The van der Waals surface area contributed by atoms with Gasteiger partial charge in [-0.3, -0.25) is 9.36 Å². The van der Waals surface area contributed by atoms with Gasteiger partial charge in [0.1, 0.15) is 0 Å². The van der Waals surface area contributed by atoms with E-state index >= 15 is 0 Å². The molecular formula is C26H26N2O7S. The average Bonchev–Trinajstić information content (AvgIpc) is 3.20. The molecule has 2 heterocycles. The highest BCUT2D eigenvalue weighted by atomic mass is 32.1. The number of nitrogens with zero attached hydrogens (tertiary/aromatic N) is 2. The van der Waals surface area contributed by atoms with Crippen LogP contribution in [0.4, 0.5) is 0 Å². The second kappa shape index (κ2) is 10.3. The Hall–Kier alpha value is -4.05. The Morgan fingerprint density at radius 2 is 1.53 bits per heavy atom. The first-order valence-electron chi connectivity index (χ1n) is 10.9. The summed E-state index contributed by atoms with van der Waals surface area (Å²) in [4.78, 5) is 31.6. The molecule has 36 heavy (non-hydrogen) atoms. The van der Waals surface area contributed by atoms with E-state index < -0.39 is 12.0 Å². The van der Waals surface area contributed by atoms with Crippen LogP contribution in [-0.2, 0) is 9.53 Å². The molecule has 1 aliphatic heterocycles. The number of benzene rings is 2. The van der Waals surface area contributed by atoms with Crippen LogP contribution in [0.15, 0.2) is 57.5 Å². The topological polar surface area (TPSA) is 97.6 Å². The van der Waals surface area contributed by atoms with Crippen LogP contribution < -0.4 is 33.8 Å². The van der Waals surface area contributed by atoms with Crippen LogP contribution >= 0.6 is 11.3 Å². The Kier molecular flexibility index (Phi) is 7.16. The Balaban J connectivity index is 1.95. The van der Waals surface area contributed by atoms with E-state index in [0.29, 0.717) is 43.6 Å². The number of fused-ring (bicyclic) bond motifs is 1. The molecule has 0 aliphatic carbocycles. The number of carbonyl (C=O) groups excluding carboxylic acids is 1. The van der Waals surface area contributed by atoms with Crippen molar-refractivity contribution in [2.24, 2.45) is 4.99 Å². The summed E-state index contributed by atoms with van der Waals surface area (Å²) >= 11 is 1.24. The van der Waals surface area contributed by atoms with Crippen LogP contribution in [0, 0.1) is 0 Å². The van der Waals surface area contributed by atoms with E-state index in [1.807, 2.05) is 6.07 Å². The molecule has 0 amide bonds. The third kappa shape index (κ3) is 4.35. The van der Waals surface area contributed by atoms with Gasteiger partial charge in [0.05, 0.1) is 57.4 Å². The summed E-state index contributed by atoms with van der Waals surface area (Å²) in [5.41, 5.74) is 1.86. The second-order valence-corrected chi connectivity index (χ2v) is 8.81. The number of carbonyl (C=O) groups is 1. The van der Waals surface area contributed by atoms with Gasteiger partial charge >= 0.3 is 5.97 Å². The maximum absolute atomic E-state index is 13.7. The highest BCUT2D eigenvalue weighted by Crippen LogP contribution is 2.36. The van der Waals surface area contributed by atoms with Gasteiger partial charge in [-0.05, 0) is 48.4 Å². The van der Waals surface area contributed by atoms with Crippen molar-refractivity contribution in [3.8, 4) is 23.0 Å². The third-order valence-electron chi connectivity index (χ3n) is 5.86. The fraction of sp³-hybridized carbons (Fsp3) is 0.269. The van der Waals surface area contributed by atoms with Crippen molar-refractivity contribution < 1.29 is 28.5 Å². The lowest BCUT2D eigenvalue weighted by Crippen LogP contribution is -2.39. The van der Waals surface area contributed by atoms with E-state index in [1.54, 1.807) is 64.7 Å². The molecule has 0 saturated carbocycles. The number of hydrogen-bond donors (Lipinski definition) is 0. The number of ether oxygens (including phenoxy) is 5. The van der Waals surface area contributed by atoms with Gasteiger partial charge in [0.25, 0.3) is 5.56 Å². The SMILES string of the molecule is COC(=O)C1=C(C)N=c2s/c(=C/c3ccc(OC)c(OC)c3)c(=O)n2[C@@H]1c1ccc(OC)c(OC)c1. The molecule has 0 unspecified atom stereocenters. The summed E-state index contributed by atoms with van der Waals surface area (Å²) in [7, 11) is 7.48. The smallest absolute Gasteiger partial charge is 0.338 e. The molecule has 1 atom stereocenters. The number of hydrogen-bond acceptors (Lipinski definition) is 9. The molecule has 9 nitrogen and oxygen atoms in total. The zero-order chi connectivity index (χ0) is 26.0. The predicted octanol–water partition coefficient (Wildman–Crippen LogP) is 2.44. The summed E-state index contributed by atoms with van der Waals surface area (Å²) in [6.07, 6.45) is 1.76. The molecule has 3 aromatic rings. The first-order chi connectivity index (χ1) is 17.4. The number of methoxy groups -OCH3 is 5. The van der Waals surface area contributed by atoms with Crippen molar-refractivity contribution in [1.29, 1.82) is 0 Å². The number of thiazole rings is 1. The zero-order valence-electron chi connectivity index (χ0n) is 20.8. The normalized spacial score (nSPS) is 15.2. The Morgan fingerprint density at radius 1 is 0.917 bits per heavy atom. The minimum atomic E-state index is -0.763. The molecule has 4 rings (SSSR count). The summed E-state index contributed by atoms with van der Waals surface area (Å²) < 4.78 is 28.5. The minimum Gasteiger partial charge on any atom is -0.493 e. The van der Waals surface area contributed by atoms with Gasteiger partial charge in [-0.2, -0.15) is 0 Å². The molecule has 0 radical (unpaired) electrons. The van der Waals surface area contributed by atoms with Crippen LogP contribution in [0.2, 0.25) is 0 Å². The van der Waals surface area contributed by atoms with Gasteiger partial charge < -0.3 is 23.7 Å². The van der Waals surface area contributed by atoms with Crippen molar-refractivity contribution in [3.63, 3.8) is 0 Å². The summed E-state index contributed by atoms with van der Waals surface area (Å²) in [5.74, 6) is 1.57. The van der Waals surface area contributed by atoms with E-state index in [1.165, 1.54) is 30.1 Å². The minimum absolute atomic E-state index is 0.273. The fourth-order valence-corrected chi connectivity index (χ4v) is 5.17. The predicted molar refractivity (Wildman–Crippen MR) is 135 cm³/mol. The van der Waals surface area contributed by atoms with Gasteiger partial charge in [0.15, 0.2) is 27.8 Å². The lowest BCUT2D eigenvalue weighted by atomic mass is 9.95. The third-order valence-corrected chi connectivity index (χ3v) is 6.84. The van der Waals surface area contributed by atoms with Gasteiger partial charge in [0.2, 0.25) is 0 Å². The van der Waals surface area contributed by atoms with Gasteiger partial charge in [0, 0.05) is 0 Å². The van der Waals surface area contributed by atoms with Crippen LogP contribution in [0.25, 0.3) is 6.08 Å². The van der Waals surface area contributed by atoms with Crippen molar-refractivity contribution in [2.45, 2.75) is 13.0 Å². The van der Waals surface area contributed by atoms with E-state index in [0.717, 1.165) is 5.56 Å². The van der Waals surface area contributed by atoms with E-state index in [9.17, 15) is 9.59 Å². The number of allylic oxidation sites excluding steroid dienone is 1. The zero-order valence-corrected chi connectivity index (χ0v) is 21.6. The van der Waals surface area contributed by atoms with Gasteiger partial charge in [-0.25, -0.2) is 9.79 Å². The first kappa shape index (κ1) is 25.1. The summed E-state index contributed by atoms with van der Waals surface area (Å²) in [6.45, 7) is 1.73. The Morgan fingerprint density at radius 3 is 2.14 bits per heavy atom.